The van der Waals surface area contributed by atoms with Gasteiger partial charge in [0.15, 0.2) is 11.3 Å². The van der Waals surface area contributed by atoms with Crippen LogP contribution in [-0.4, -0.2) is 24.1 Å². The lowest BCUT2D eigenvalue weighted by atomic mass is 10.2. The summed E-state index contributed by atoms with van der Waals surface area (Å²) in [6.07, 6.45) is 2.49. The minimum Gasteiger partial charge on any atom is -0.296 e. The molecule has 144 valence electrons. The molecule has 3 aromatic heterocycles. The molecule has 29 heavy (non-hydrogen) atoms. The van der Waals surface area contributed by atoms with E-state index in [1.807, 2.05) is 66.9 Å². The first kappa shape index (κ1) is 17.6. The zero-order chi connectivity index (χ0) is 20.1. The highest BCUT2D eigenvalue weighted by atomic mass is 16.1. The predicted octanol–water partition coefficient (Wildman–Crippen LogP) is 4.56. The van der Waals surface area contributed by atoms with Crippen molar-refractivity contribution in [2.75, 3.05) is 0 Å². The first-order chi connectivity index (χ1) is 14.1. The van der Waals surface area contributed by atoms with E-state index in [1.165, 1.54) is 0 Å². The SMILES string of the molecule is CCC(C)n1cnc2c(c1=O)c1nc3ccccc3nc1n2-c1ccc(C)cc1. The van der Waals surface area contributed by atoms with Gasteiger partial charge in [-0.25, -0.2) is 15.0 Å². The standard InChI is InChI=1S/C23H21N5O/c1-4-15(3)27-13-24-21-19(23(27)29)20-22(26-18-8-6-5-7-17(18)25-20)28(21)16-11-9-14(2)10-12-16/h5-13,15H,4H2,1-3H3. The smallest absolute Gasteiger partial charge is 0.265 e. The summed E-state index contributed by atoms with van der Waals surface area (Å²) in [6, 6.07) is 15.9. The van der Waals surface area contributed by atoms with Crippen molar-refractivity contribution in [1.82, 2.24) is 24.1 Å². The molecule has 5 aromatic rings. The Morgan fingerprint density at radius 1 is 0.966 bits per heavy atom. The maximum absolute atomic E-state index is 13.4. The summed E-state index contributed by atoms with van der Waals surface area (Å²) in [5, 5.41) is 0.515. The molecule has 0 aliphatic rings. The van der Waals surface area contributed by atoms with Crippen LogP contribution in [0, 0.1) is 6.92 Å². The molecular formula is C23H21N5O. The maximum atomic E-state index is 13.4. The Balaban J connectivity index is 1.98. The Morgan fingerprint density at radius 2 is 1.66 bits per heavy atom. The highest BCUT2D eigenvalue weighted by Crippen LogP contribution is 2.28. The molecule has 5 rings (SSSR count). The number of aromatic nitrogens is 5. The van der Waals surface area contributed by atoms with Gasteiger partial charge in [-0.05, 0) is 44.5 Å². The minimum absolute atomic E-state index is 0.0607. The second-order valence-corrected chi connectivity index (χ2v) is 7.47. The molecule has 1 atom stereocenters. The number of benzene rings is 2. The molecule has 0 radical (unpaired) electrons. The van der Waals surface area contributed by atoms with Crippen LogP contribution in [0.1, 0.15) is 31.9 Å². The summed E-state index contributed by atoms with van der Waals surface area (Å²) < 4.78 is 3.63. The van der Waals surface area contributed by atoms with E-state index < -0.39 is 0 Å². The van der Waals surface area contributed by atoms with Gasteiger partial charge in [-0.3, -0.25) is 13.9 Å². The highest BCUT2D eigenvalue weighted by Gasteiger charge is 2.21. The number of para-hydroxylation sites is 2. The van der Waals surface area contributed by atoms with E-state index in [4.69, 9.17) is 9.97 Å². The van der Waals surface area contributed by atoms with Crippen molar-refractivity contribution in [2.24, 2.45) is 0 Å². The van der Waals surface area contributed by atoms with Gasteiger partial charge in [0.1, 0.15) is 17.2 Å². The van der Waals surface area contributed by atoms with Crippen molar-refractivity contribution in [3.63, 3.8) is 0 Å². The molecule has 6 nitrogen and oxygen atoms in total. The van der Waals surface area contributed by atoms with Crippen molar-refractivity contribution in [3.8, 4) is 5.69 Å². The Bertz CT molecular complexity index is 1430. The van der Waals surface area contributed by atoms with Crippen LogP contribution >= 0.6 is 0 Å². The molecule has 0 fully saturated rings. The number of nitrogens with zero attached hydrogens (tertiary/aromatic N) is 5. The second-order valence-electron chi connectivity index (χ2n) is 7.47. The number of aryl methyl sites for hydroxylation is 1. The van der Waals surface area contributed by atoms with E-state index in [0.717, 1.165) is 28.7 Å². The fourth-order valence-corrected chi connectivity index (χ4v) is 3.70. The molecule has 0 amide bonds. The van der Waals surface area contributed by atoms with Crippen molar-refractivity contribution in [2.45, 2.75) is 33.2 Å². The van der Waals surface area contributed by atoms with Gasteiger partial charge < -0.3 is 0 Å². The normalized spacial score (nSPS) is 12.8. The first-order valence-corrected chi connectivity index (χ1v) is 9.83. The molecule has 0 aliphatic heterocycles. The Hall–Kier alpha value is -3.54. The predicted molar refractivity (Wildman–Crippen MR) is 116 cm³/mol. The fraction of sp³-hybridized carbons (Fsp3) is 0.217. The average Bonchev–Trinajstić information content (AvgIpc) is 3.06. The van der Waals surface area contributed by atoms with Gasteiger partial charge in [0, 0.05) is 11.7 Å². The van der Waals surface area contributed by atoms with Crippen molar-refractivity contribution < 1.29 is 0 Å². The Kier molecular flexibility index (Phi) is 3.94. The van der Waals surface area contributed by atoms with Crippen LogP contribution in [0.25, 0.3) is 38.9 Å². The number of rotatable bonds is 3. The van der Waals surface area contributed by atoms with Gasteiger partial charge in [-0.2, -0.15) is 0 Å². The lowest BCUT2D eigenvalue weighted by Gasteiger charge is -2.12. The summed E-state index contributed by atoms with van der Waals surface area (Å²) in [5.41, 5.74) is 5.38. The quantitative estimate of drug-likeness (QED) is 0.458. The van der Waals surface area contributed by atoms with Crippen molar-refractivity contribution in [1.29, 1.82) is 0 Å². The first-order valence-electron chi connectivity index (χ1n) is 9.83. The summed E-state index contributed by atoms with van der Waals surface area (Å²) in [6.45, 7) is 6.13. The number of hydrogen-bond donors (Lipinski definition) is 0. The van der Waals surface area contributed by atoms with Crippen molar-refractivity contribution in [3.05, 3.63) is 70.8 Å². The van der Waals surface area contributed by atoms with Crippen LogP contribution in [0.4, 0.5) is 0 Å². The number of fused-ring (bicyclic) bond motifs is 4. The monoisotopic (exact) mass is 383 g/mol. The highest BCUT2D eigenvalue weighted by molar-refractivity contribution is 6.05. The summed E-state index contributed by atoms with van der Waals surface area (Å²) >= 11 is 0. The second kappa shape index (κ2) is 6.51. The molecule has 1 unspecified atom stereocenters. The lowest BCUT2D eigenvalue weighted by molar-refractivity contribution is 0.510. The van der Waals surface area contributed by atoms with Gasteiger partial charge >= 0.3 is 0 Å². The fourth-order valence-electron chi connectivity index (χ4n) is 3.70. The minimum atomic E-state index is -0.0789. The third-order valence-electron chi connectivity index (χ3n) is 5.55. The van der Waals surface area contributed by atoms with Crippen LogP contribution in [-0.2, 0) is 0 Å². The summed E-state index contributed by atoms with van der Waals surface area (Å²) in [4.78, 5) is 27.8. The van der Waals surface area contributed by atoms with Gasteiger partial charge in [-0.1, -0.05) is 36.8 Å². The molecule has 0 spiro atoms. The van der Waals surface area contributed by atoms with Gasteiger partial charge in [0.05, 0.1) is 11.0 Å². The average molecular weight is 383 g/mol. The molecule has 0 saturated heterocycles. The van der Waals surface area contributed by atoms with Gasteiger partial charge in [-0.15, -0.1) is 0 Å². The summed E-state index contributed by atoms with van der Waals surface area (Å²) in [7, 11) is 0. The van der Waals surface area contributed by atoms with Crippen LogP contribution in [0.5, 0.6) is 0 Å². The van der Waals surface area contributed by atoms with E-state index in [1.54, 1.807) is 10.9 Å². The Morgan fingerprint density at radius 3 is 2.34 bits per heavy atom. The third kappa shape index (κ3) is 2.63. The van der Waals surface area contributed by atoms with Crippen molar-refractivity contribution >= 4 is 33.2 Å². The topological polar surface area (TPSA) is 65.6 Å². The van der Waals surface area contributed by atoms with Gasteiger partial charge in [0.2, 0.25) is 0 Å². The molecular weight excluding hydrogens is 362 g/mol. The van der Waals surface area contributed by atoms with Crippen LogP contribution in [0.3, 0.4) is 0 Å². The third-order valence-corrected chi connectivity index (χ3v) is 5.55. The molecule has 0 aliphatic carbocycles. The van der Waals surface area contributed by atoms with E-state index in [9.17, 15) is 4.79 Å². The largest absolute Gasteiger partial charge is 0.296 e. The van der Waals surface area contributed by atoms with E-state index >= 15 is 0 Å². The van der Waals surface area contributed by atoms with Crippen LogP contribution < -0.4 is 5.56 Å². The van der Waals surface area contributed by atoms with Gasteiger partial charge in [0.25, 0.3) is 5.56 Å². The number of hydrogen-bond acceptors (Lipinski definition) is 4. The van der Waals surface area contributed by atoms with E-state index in [0.29, 0.717) is 22.2 Å². The van der Waals surface area contributed by atoms with Crippen LogP contribution in [0.2, 0.25) is 0 Å². The summed E-state index contributed by atoms with van der Waals surface area (Å²) in [5.74, 6) is 0. The lowest BCUT2D eigenvalue weighted by Crippen LogP contribution is -2.23. The maximum Gasteiger partial charge on any atom is 0.265 e. The molecule has 3 heterocycles. The molecule has 2 aromatic carbocycles. The van der Waals surface area contributed by atoms with E-state index in [-0.39, 0.29) is 11.6 Å². The molecule has 0 bridgehead atoms. The molecule has 0 saturated carbocycles. The zero-order valence-corrected chi connectivity index (χ0v) is 16.6. The molecule has 6 heteroatoms. The van der Waals surface area contributed by atoms with Crippen LogP contribution in [0.15, 0.2) is 59.7 Å². The Labute approximate surface area is 167 Å². The molecule has 0 N–H and O–H groups in total. The zero-order valence-electron chi connectivity index (χ0n) is 16.6. The van der Waals surface area contributed by atoms with E-state index in [2.05, 4.69) is 11.9 Å².